The van der Waals surface area contributed by atoms with E-state index >= 15 is 0 Å². The van der Waals surface area contributed by atoms with Gasteiger partial charge in [0.1, 0.15) is 11.7 Å². The lowest BCUT2D eigenvalue weighted by Gasteiger charge is -2.42. The van der Waals surface area contributed by atoms with Gasteiger partial charge in [0.25, 0.3) is 0 Å². The van der Waals surface area contributed by atoms with Crippen molar-refractivity contribution in [3.05, 3.63) is 0 Å². The number of carbonyl (C=O) groups is 2. The van der Waals surface area contributed by atoms with E-state index in [-0.39, 0.29) is 23.2 Å². The molecule has 2 aliphatic carbocycles. The van der Waals surface area contributed by atoms with Gasteiger partial charge in [-0.2, -0.15) is 0 Å². The number of alkyl halides is 1. The van der Waals surface area contributed by atoms with E-state index in [0.717, 1.165) is 45.1 Å². The minimum atomic E-state index is -0.613. The summed E-state index contributed by atoms with van der Waals surface area (Å²) in [5, 5.41) is 7.26. The third-order valence-electron chi connectivity index (χ3n) is 6.81. The number of nitrogens with one attached hydrogen (secondary N) is 2. The number of nitrogens with zero attached hydrogens (tertiary/aromatic N) is 1. The Kier molecular flexibility index (Phi) is 5.46. The number of halogens is 1. The Morgan fingerprint density at radius 3 is 2.85 bits per heavy atom. The van der Waals surface area contributed by atoms with Crippen LogP contribution in [0.1, 0.15) is 51.9 Å². The summed E-state index contributed by atoms with van der Waals surface area (Å²) < 4.78 is 13.7. The van der Waals surface area contributed by atoms with E-state index in [0.29, 0.717) is 36.1 Å². The zero-order valence-electron chi connectivity index (χ0n) is 15.5. The molecule has 2 amide bonds. The van der Waals surface area contributed by atoms with Crippen LogP contribution in [-0.2, 0) is 9.59 Å². The first-order chi connectivity index (χ1) is 12.5. The van der Waals surface area contributed by atoms with Crippen molar-refractivity contribution in [2.45, 2.75) is 74.8 Å². The summed E-state index contributed by atoms with van der Waals surface area (Å²) in [4.78, 5) is 26.1. The second-order valence-corrected chi connectivity index (χ2v) is 9.77. The Hall–Kier alpha value is -0.820. The number of rotatable bonds is 2. The molecule has 2 saturated heterocycles. The van der Waals surface area contributed by atoms with Crippen LogP contribution in [0.3, 0.4) is 0 Å². The van der Waals surface area contributed by atoms with Crippen molar-refractivity contribution < 1.29 is 14.0 Å². The third-order valence-corrected chi connectivity index (χ3v) is 8.33. The van der Waals surface area contributed by atoms with E-state index < -0.39 is 6.17 Å². The van der Waals surface area contributed by atoms with Crippen molar-refractivity contribution in [1.29, 1.82) is 0 Å². The molecule has 5 nitrogen and oxygen atoms in total. The van der Waals surface area contributed by atoms with Gasteiger partial charge in [-0.3, -0.25) is 14.9 Å². The number of piperidine rings is 1. The summed E-state index contributed by atoms with van der Waals surface area (Å²) in [6, 6.07) is 0.433. The molecule has 0 bridgehead atoms. The Morgan fingerprint density at radius 2 is 2.04 bits per heavy atom. The summed E-state index contributed by atoms with van der Waals surface area (Å²) in [6.45, 7) is 2.87. The van der Waals surface area contributed by atoms with Crippen molar-refractivity contribution in [1.82, 2.24) is 15.5 Å². The molecule has 2 N–H and O–H groups in total. The van der Waals surface area contributed by atoms with Gasteiger partial charge in [-0.1, -0.05) is 0 Å². The van der Waals surface area contributed by atoms with Crippen LogP contribution in [-0.4, -0.2) is 52.8 Å². The molecular weight excluding hydrogens is 353 g/mol. The van der Waals surface area contributed by atoms with Gasteiger partial charge in [-0.15, -0.1) is 11.8 Å². The normalized spacial score (nSPS) is 42.7. The lowest BCUT2D eigenvalue weighted by Crippen LogP contribution is -2.50. The molecule has 7 heteroatoms. The number of fused-ring (bicyclic) bond motifs is 3. The monoisotopic (exact) mass is 383 g/mol. The molecular formula is C19H30FN3O2S. The average molecular weight is 384 g/mol. The molecule has 146 valence electrons. The first kappa shape index (κ1) is 18.5. The molecule has 2 aliphatic heterocycles. The second kappa shape index (κ2) is 7.66. The molecule has 6 unspecified atom stereocenters. The molecule has 0 spiro atoms. The highest BCUT2D eigenvalue weighted by Gasteiger charge is 2.47. The lowest BCUT2D eigenvalue weighted by molar-refractivity contribution is -0.134. The van der Waals surface area contributed by atoms with Crippen LogP contribution in [0.4, 0.5) is 4.39 Å². The van der Waals surface area contributed by atoms with Crippen molar-refractivity contribution in [2.24, 2.45) is 17.8 Å². The maximum absolute atomic E-state index is 13.7. The summed E-state index contributed by atoms with van der Waals surface area (Å²) >= 11 is 1.83. The molecule has 2 heterocycles. The SMILES string of the molecule is CC(=O)N1CCC[C@@H](C(=O)NC2NC3CCC4CC(F)CCC4C3S2)C1. The van der Waals surface area contributed by atoms with E-state index in [9.17, 15) is 14.0 Å². The Labute approximate surface area is 159 Å². The number of likely N-dealkylation sites (tertiary alicyclic amines) is 1. The highest BCUT2D eigenvalue weighted by molar-refractivity contribution is 8.00. The molecule has 4 rings (SSSR count). The number of hydrogen-bond donors (Lipinski definition) is 2. The predicted molar refractivity (Wildman–Crippen MR) is 100 cm³/mol. The first-order valence-corrected chi connectivity index (χ1v) is 11.1. The van der Waals surface area contributed by atoms with Crippen LogP contribution in [0.25, 0.3) is 0 Å². The van der Waals surface area contributed by atoms with Crippen LogP contribution >= 0.6 is 11.8 Å². The van der Waals surface area contributed by atoms with Crippen LogP contribution in [0, 0.1) is 17.8 Å². The van der Waals surface area contributed by atoms with Crippen LogP contribution in [0.15, 0.2) is 0 Å². The van der Waals surface area contributed by atoms with Crippen LogP contribution in [0.2, 0.25) is 0 Å². The number of thioether (sulfide) groups is 1. The minimum Gasteiger partial charge on any atom is -0.342 e. The maximum Gasteiger partial charge on any atom is 0.226 e. The van der Waals surface area contributed by atoms with Crippen molar-refractivity contribution in [3.63, 3.8) is 0 Å². The van der Waals surface area contributed by atoms with Gasteiger partial charge in [0, 0.05) is 31.3 Å². The Bertz CT molecular complexity index is 563. The minimum absolute atomic E-state index is 0.0490. The van der Waals surface area contributed by atoms with Crippen molar-refractivity contribution in [3.8, 4) is 0 Å². The average Bonchev–Trinajstić information content (AvgIpc) is 3.04. The highest BCUT2D eigenvalue weighted by atomic mass is 32.2. The molecule has 0 aromatic carbocycles. The van der Waals surface area contributed by atoms with Gasteiger partial charge < -0.3 is 10.2 Å². The van der Waals surface area contributed by atoms with Crippen LogP contribution in [0.5, 0.6) is 0 Å². The summed E-state index contributed by atoms with van der Waals surface area (Å²) in [5.41, 5.74) is -0.0490. The third kappa shape index (κ3) is 3.75. The maximum atomic E-state index is 13.7. The van der Waals surface area contributed by atoms with Gasteiger partial charge >= 0.3 is 0 Å². The zero-order valence-corrected chi connectivity index (χ0v) is 16.3. The smallest absolute Gasteiger partial charge is 0.226 e. The van der Waals surface area contributed by atoms with Crippen molar-refractivity contribution >= 4 is 23.6 Å². The molecule has 4 aliphatic rings. The molecule has 26 heavy (non-hydrogen) atoms. The number of hydrogen-bond acceptors (Lipinski definition) is 4. The summed E-state index contributed by atoms with van der Waals surface area (Å²) in [5.74, 6) is 1.11. The molecule has 0 aromatic heterocycles. The highest BCUT2D eigenvalue weighted by Crippen LogP contribution is 2.48. The van der Waals surface area contributed by atoms with Gasteiger partial charge in [0.15, 0.2) is 0 Å². The van der Waals surface area contributed by atoms with E-state index in [2.05, 4.69) is 10.6 Å². The fraction of sp³-hybridized carbons (Fsp3) is 0.895. The second-order valence-electron chi connectivity index (χ2n) is 8.48. The fourth-order valence-electron chi connectivity index (χ4n) is 5.42. The lowest BCUT2D eigenvalue weighted by atomic mass is 9.68. The quantitative estimate of drug-likeness (QED) is 0.768. The summed E-state index contributed by atoms with van der Waals surface area (Å²) in [7, 11) is 0. The van der Waals surface area contributed by atoms with Crippen molar-refractivity contribution in [2.75, 3.05) is 13.1 Å². The number of carbonyl (C=O) groups excluding carboxylic acids is 2. The fourth-order valence-corrected chi connectivity index (χ4v) is 7.13. The van der Waals surface area contributed by atoms with Gasteiger partial charge in [-0.05, 0) is 56.8 Å². The van der Waals surface area contributed by atoms with E-state index in [1.807, 2.05) is 11.8 Å². The first-order valence-electron chi connectivity index (χ1n) is 10.1. The largest absolute Gasteiger partial charge is 0.342 e. The molecule has 2 saturated carbocycles. The number of amides is 2. The van der Waals surface area contributed by atoms with E-state index in [1.165, 1.54) is 0 Å². The van der Waals surface area contributed by atoms with Gasteiger partial charge in [0.05, 0.1) is 5.92 Å². The molecule has 0 aromatic rings. The molecule has 0 radical (unpaired) electrons. The summed E-state index contributed by atoms with van der Waals surface area (Å²) in [6.07, 6.45) is 5.73. The Balaban J connectivity index is 1.33. The standard InChI is InChI=1S/C19H30FN3O2S/c1-11(24)23-8-2-3-13(10-23)18(25)22-19-21-16-7-4-12-9-14(20)5-6-15(12)17(16)26-19/h12-17,19,21H,2-10H2,1H3,(H,22,25)/t12?,13-,14?,15?,16?,17?,19?/m1/s1. The molecule has 4 fully saturated rings. The van der Waals surface area contributed by atoms with Crippen LogP contribution < -0.4 is 10.6 Å². The topological polar surface area (TPSA) is 61.4 Å². The van der Waals surface area contributed by atoms with Gasteiger partial charge in [-0.25, -0.2) is 4.39 Å². The predicted octanol–water partition coefficient (Wildman–Crippen LogP) is 2.27. The van der Waals surface area contributed by atoms with E-state index in [4.69, 9.17) is 0 Å². The molecule has 7 atom stereocenters. The Morgan fingerprint density at radius 1 is 1.19 bits per heavy atom. The zero-order chi connectivity index (χ0) is 18.3. The van der Waals surface area contributed by atoms with Gasteiger partial charge in [0.2, 0.25) is 11.8 Å². The van der Waals surface area contributed by atoms with E-state index in [1.54, 1.807) is 11.8 Å².